The zero-order valence-electron chi connectivity index (χ0n) is 9.89. The van der Waals surface area contributed by atoms with Gasteiger partial charge in [0.25, 0.3) is 0 Å². The number of anilines is 1. The Balaban J connectivity index is 2.73. The Labute approximate surface area is 86.3 Å². The van der Waals surface area contributed by atoms with Crippen molar-refractivity contribution in [3.63, 3.8) is 0 Å². The maximum Gasteiger partial charge on any atom is 0.124 e. The van der Waals surface area contributed by atoms with E-state index < -0.39 is 0 Å². The van der Waals surface area contributed by atoms with Crippen LogP contribution in [0, 0.1) is 12.3 Å². The maximum atomic E-state index is 5.84. The molecule has 0 aliphatic rings. The van der Waals surface area contributed by atoms with Crippen molar-refractivity contribution in [1.29, 1.82) is 0 Å². The first-order valence-corrected chi connectivity index (χ1v) is 5.09. The molecule has 0 saturated carbocycles. The van der Waals surface area contributed by atoms with Gasteiger partial charge < -0.3 is 5.73 Å². The minimum Gasteiger partial charge on any atom is -0.384 e. The third-order valence-corrected chi connectivity index (χ3v) is 2.55. The summed E-state index contributed by atoms with van der Waals surface area (Å²) >= 11 is 0. The number of hydrogen-bond acceptors (Lipinski definition) is 2. The Morgan fingerprint density at radius 1 is 1.36 bits per heavy atom. The molecule has 1 rings (SSSR count). The van der Waals surface area contributed by atoms with E-state index in [0.29, 0.717) is 5.41 Å². The molecule has 0 radical (unpaired) electrons. The lowest BCUT2D eigenvalue weighted by Gasteiger charge is -2.16. The zero-order valence-corrected chi connectivity index (χ0v) is 9.89. The van der Waals surface area contributed by atoms with Gasteiger partial charge in [0, 0.05) is 12.6 Å². The van der Waals surface area contributed by atoms with Crippen LogP contribution in [0.4, 0.5) is 5.82 Å². The molecule has 0 aliphatic carbocycles. The van der Waals surface area contributed by atoms with E-state index in [4.69, 9.17) is 5.73 Å². The lowest BCUT2D eigenvalue weighted by Crippen LogP contribution is -2.07. The molecule has 0 fully saturated rings. The lowest BCUT2D eigenvalue weighted by atomic mass is 9.89. The van der Waals surface area contributed by atoms with Crippen LogP contribution in [0.1, 0.15) is 38.4 Å². The predicted octanol–water partition coefficient (Wildman–Crippen LogP) is 2.29. The maximum absolute atomic E-state index is 5.84. The summed E-state index contributed by atoms with van der Waals surface area (Å²) < 4.78 is 1.76. The van der Waals surface area contributed by atoms with Gasteiger partial charge in [-0.2, -0.15) is 5.10 Å². The van der Waals surface area contributed by atoms with Crippen molar-refractivity contribution in [2.75, 3.05) is 5.73 Å². The van der Waals surface area contributed by atoms with Gasteiger partial charge in [0.1, 0.15) is 5.82 Å². The fourth-order valence-corrected chi connectivity index (χ4v) is 1.43. The van der Waals surface area contributed by atoms with Gasteiger partial charge >= 0.3 is 0 Å². The molecule has 0 bridgehead atoms. The standard InChI is InChI=1S/C11H21N3/c1-8-9(6-7-11(2,3)4)13-14(5)10(8)12/h6-7,12H2,1-5H3. The van der Waals surface area contributed by atoms with Gasteiger partial charge in [0.2, 0.25) is 0 Å². The third-order valence-electron chi connectivity index (χ3n) is 2.55. The van der Waals surface area contributed by atoms with Crippen molar-refractivity contribution in [3.8, 4) is 0 Å². The van der Waals surface area contributed by atoms with Crippen LogP contribution in [0.25, 0.3) is 0 Å². The van der Waals surface area contributed by atoms with E-state index in [1.165, 1.54) is 0 Å². The molecule has 0 spiro atoms. The lowest BCUT2D eigenvalue weighted by molar-refractivity contribution is 0.375. The second kappa shape index (κ2) is 3.64. The number of nitrogen functional groups attached to an aromatic ring is 1. The first-order chi connectivity index (χ1) is 6.31. The Morgan fingerprint density at radius 2 is 1.93 bits per heavy atom. The van der Waals surface area contributed by atoms with Crippen molar-refractivity contribution in [2.45, 2.75) is 40.5 Å². The number of hydrogen-bond donors (Lipinski definition) is 1. The molecule has 0 saturated heterocycles. The van der Waals surface area contributed by atoms with Gasteiger partial charge in [0.05, 0.1) is 5.69 Å². The number of nitrogens with two attached hydrogens (primary N) is 1. The van der Waals surface area contributed by atoms with Crippen molar-refractivity contribution >= 4 is 5.82 Å². The molecule has 3 nitrogen and oxygen atoms in total. The average Bonchev–Trinajstić information content (AvgIpc) is 2.28. The van der Waals surface area contributed by atoms with Crippen molar-refractivity contribution in [2.24, 2.45) is 12.5 Å². The average molecular weight is 195 g/mol. The fourth-order valence-electron chi connectivity index (χ4n) is 1.43. The fraction of sp³-hybridized carbons (Fsp3) is 0.727. The SMILES string of the molecule is Cc1c(CCC(C)(C)C)nn(C)c1N. The van der Waals surface area contributed by atoms with Crippen LogP contribution in [0.2, 0.25) is 0 Å². The molecule has 1 aromatic heterocycles. The van der Waals surface area contributed by atoms with E-state index in [-0.39, 0.29) is 0 Å². The van der Waals surface area contributed by atoms with E-state index >= 15 is 0 Å². The van der Waals surface area contributed by atoms with Crippen LogP contribution in [0.15, 0.2) is 0 Å². The molecule has 0 atom stereocenters. The second-order valence-electron chi connectivity index (χ2n) is 5.14. The molecule has 0 unspecified atom stereocenters. The van der Waals surface area contributed by atoms with E-state index in [1.54, 1.807) is 4.68 Å². The monoisotopic (exact) mass is 195 g/mol. The highest BCUT2D eigenvalue weighted by Crippen LogP contribution is 2.23. The van der Waals surface area contributed by atoms with Crippen molar-refractivity contribution < 1.29 is 0 Å². The van der Waals surface area contributed by atoms with Gasteiger partial charge in [-0.25, -0.2) is 0 Å². The van der Waals surface area contributed by atoms with Crippen LogP contribution >= 0.6 is 0 Å². The van der Waals surface area contributed by atoms with Crippen molar-refractivity contribution in [3.05, 3.63) is 11.3 Å². The molecule has 2 N–H and O–H groups in total. The van der Waals surface area contributed by atoms with E-state index in [0.717, 1.165) is 29.9 Å². The highest BCUT2D eigenvalue weighted by molar-refractivity contribution is 5.42. The van der Waals surface area contributed by atoms with Gasteiger partial charge in [-0.05, 0) is 25.2 Å². The number of aromatic nitrogens is 2. The number of rotatable bonds is 2. The largest absolute Gasteiger partial charge is 0.384 e. The van der Waals surface area contributed by atoms with Gasteiger partial charge in [-0.1, -0.05) is 20.8 Å². The highest BCUT2D eigenvalue weighted by Gasteiger charge is 2.14. The Bertz CT molecular complexity index is 318. The zero-order chi connectivity index (χ0) is 10.9. The van der Waals surface area contributed by atoms with Crippen LogP contribution in [-0.4, -0.2) is 9.78 Å². The Morgan fingerprint density at radius 3 is 2.29 bits per heavy atom. The quantitative estimate of drug-likeness (QED) is 0.787. The molecular formula is C11H21N3. The summed E-state index contributed by atoms with van der Waals surface area (Å²) in [5, 5.41) is 4.40. The summed E-state index contributed by atoms with van der Waals surface area (Å²) in [5.41, 5.74) is 8.48. The van der Waals surface area contributed by atoms with E-state index in [9.17, 15) is 0 Å². The summed E-state index contributed by atoms with van der Waals surface area (Å²) in [6.45, 7) is 8.78. The molecule has 1 aromatic rings. The molecule has 0 amide bonds. The number of nitrogens with zero attached hydrogens (tertiary/aromatic N) is 2. The second-order valence-corrected chi connectivity index (χ2v) is 5.14. The van der Waals surface area contributed by atoms with Gasteiger partial charge in [0.15, 0.2) is 0 Å². The predicted molar refractivity (Wildman–Crippen MR) is 60.1 cm³/mol. The third kappa shape index (κ3) is 2.50. The van der Waals surface area contributed by atoms with Crippen LogP contribution in [0.5, 0.6) is 0 Å². The smallest absolute Gasteiger partial charge is 0.124 e. The molecule has 3 heteroatoms. The Kier molecular flexibility index (Phi) is 2.88. The molecule has 14 heavy (non-hydrogen) atoms. The summed E-state index contributed by atoms with van der Waals surface area (Å²) in [6, 6.07) is 0. The minimum atomic E-state index is 0.360. The summed E-state index contributed by atoms with van der Waals surface area (Å²) in [6.07, 6.45) is 2.16. The first kappa shape index (κ1) is 11.1. The van der Waals surface area contributed by atoms with Crippen molar-refractivity contribution in [1.82, 2.24) is 9.78 Å². The van der Waals surface area contributed by atoms with Crippen LogP contribution < -0.4 is 5.73 Å². The van der Waals surface area contributed by atoms with E-state index in [2.05, 4.69) is 25.9 Å². The molecule has 1 heterocycles. The topological polar surface area (TPSA) is 43.8 Å². The molecule has 0 aromatic carbocycles. The Hall–Kier alpha value is -0.990. The summed E-state index contributed by atoms with van der Waals surface area (Å²) in [5.74, 6) is 0.786. The molecule has 80 valence electrons. The normalized spacial score (nSPS) is 12.1. The van der Waals surface area contributed by atoms with Gasteiger partial charge in [-0.15, -0.1) is 0 Å². The first-order valence-electron chi connectivity index (χ1n) is 5.09. The van der Waals surface area contributed by atoms with Gasteiger partial charge in [-0.3, -0.25) is 4.68 Å². The number of aryl methyl sites for hydroxylation is 2. The summed E-state index contributed by atoms with van der Waals surface area (Å²) in [7, 11) is 1.89. The van der Waals surface area contributed by atoms with Crippen LogP contribution in [-0.2, 0) is 13.5 Å². The van der Waals surface area contributed by atoms with Crippen LogP contribution in [0.3, 0.4) is 0 Å². The highest BCUT2D eigenvalue weighted by atomic mass is 15.3. The minimum absolute atomic E-state index is 0.360. The molecular weight excluding hydrogens is 174 g/mol. The molecule has 0 aliphatic heterocycles. The van der Waals surface area contributed by atoms with E-state index in [1.807, 2.05) is 14.0 Å². The summed E-state index contributed by atoms with van der Waals surface area (Å²) in [4.78, 5) is 0.